The maximum atomic E-state index is 12.2. The molecule has 0 aromatic heterocycles. The molecular formula is C26H26N2O4. The van der Waals surface area contributed by atoms with E-state index in [0.29, 0.717) is 23.0 Å². The highest BCUT2D eigenvalue weighted by Crippen LogP contribution is 2.18. The lowest BCUT2D eigenvalue weighted by molar-refractivity contribution is -0.123. The molecule has 0 bridgehead atoms. The van der Waals surface area contributed by atoms with Gasteiger partial charge in [-0.2, -0.15) is 5.10 Å². The van der Waals surface area contributed by atoms with Crippen LogP contribution in [0.15, 0.2) is 77.9 Å². The molecule has 0 saturated heterocycles. The number of nitrogens with one attached hydrogen (secondary N) is 1. The number of hydrogen-bond donors (Lipinski definition) is 1. The number of hydrazone groups is 1. The molecule has 0 unspecified atom stereocenters. The Morgan fingerprint density at radius 1 is 0.906 bits per heavy atom. The van der Waals surface area contributed by atoms with Crippen molar-refractivity contribution in [3.8, 4) is 11.5 Å². The summed E-state index contributed by atoms with van der Waals surface area (Å²) >= 11 is 0. The molecule has 0 aliphatic rings. The second-order valence-electron chi connectivity index (χ2n) is 7.63. The van der Waals surface area contributed by atoms with Crippen molar-refractivity contribution in [2.24, 2.45) is 5.10 Å². The molecular weight excluding hydrogens is 404 g/mol. The Labute approximate surface area is 187 Å². The van der Waals surface area contributed by atoms with Crippen molar-refractivity contribution >= 4 is 18.1 Å². The van der Waals surface area contributed by atoms with Crippen molar-refractivity contribution in [1.82, 2.24) is 5.43 Å². The summed E-state index contributed by atoms with van der Waals surface area (Å²) < 4.78 is 10.8. The molecule has 32 heavy (non-hydrogen) atoms. The Hall–Kier alpha value is -3.93. The first-order valence-electron chi connectivity index (χ1n) is 10.3. The SMILES string of the molecule is Cc1ccc(C(=O)Oc2ccc(C=NNC(=O)COc3ccc(C(C)C)cc3)cc2)cc1. The first-order chi connectivity index (χ1) is 15.4. The highest BCUT2D eigenvalue weighted by atomic mass is 16.5. The van der Waals surface area contributed by atoms with E-state index < -0.39 is 5.97 Å². The molecule has 0 saturated carbocycles. The molecule has 3 aromatic rings. The van der Waals surface area contributed by atoms with Crippen molar-refractivity contribution in [1.29, 1.82) is 0 Å². The molecule has 0 heterocycles. The third kappa shape index (κ3) is 6.80. The first-order valence-corrected chi connectivity index (χ1v) is 10.3. The molecule has 1 N–H and O–H groups in total. The van der Waals surface area contributed by atoms with Gasteiger partial charge >= 0.3 is 5.97 Å². The third-order valence-corrected chi connectivity index (χ3v) is 4.70. The molecule has 0 fully saturated rings. The highest BCUT2D eigenvalue weighted by Gasteiger charge is 2.08. The zero-order valence-corrected chi connectivity index (χ0v) is 18.4. The van der Waals surface area contributed by atoms with Crippen LogP contribution >= 0.6 is 0 Å². The van der Waals surface area contributed by atoms with Crippen molar-refractivity contribution in [3.63, 3.8) is 0 Å². The lowest BCUT2D eigenvalue weighted by Crippen LogP contribution is -2.24. The van der Waals surface area contributed by atoms with Gasteiger partial charge in [-0.1, -0.05) is 43.7 Å². The van der Waals surface area contributed by atoms with Crippen LogP contribution in [0.5, 0.6) is 11.5 Å². The van der Waals surface area contributed by atoms with Gasteiger partial charge in [0.15, 0.2) is 6.61 Å². The van der Waals surface area contributed by atoms with E-state index >= 15 is 0 Å². The van der Waals surface area contributed by atoms with E-state index in [1.807, 2.05) is 43.3 Å². The summed E-state index contributed by atoms with van der Waals surface area (Å²) in [5.74, 6) is 0.712. The van der Waals surface area contributed by atoms with Crippen LogP contribution in [0.2, 0.25) is 0 Å². The highest BCUT2D eigenvalue weighted by molar-refractivity contribution is 5.91. The van der Waals surface area contributed by atoms with Gasteiger partial charge in [0.2, 0.25) is 0 Å². The van der Waals surface area contributed by atoms with E-state index in [1.54, 1.807) is 36.4 Å². The molecule has 3 rings (SSSR count). The molecule has 0 aliphatic carbocycles. The fourth-order valence-electron chi connectivity index (χ4n) is 2.79. The third-order valence-electron chi connectivity index (χ3n) is 4.70. The number of amides is 1. The fraction of sp³-hybridized carbons (Fsp3) is 0.192. The topological polar surface area (TPSA) is 77.0 Å². The number of nitrogens with zero attached hydrogens (tertiary/aromatic N) is 1. The normalized spacial score (nSPS) is 10.9. The van der Waals surface area contributed by atoms with Gasteiger partial charge in [0.1, 0.15) is 11.5 Å². The zero-order chi connectivity index (χ0) is 22.9. The standard InChI is InChI=1S/C26H26N2O4/c1-18(2)21-10-14-23(15-11-21)31-17-25(29)28-27-16-20-6-12-24(13-7-20)32-26(30)22-8-4-19(3)5-9-22/h4-16,18H,17H2,1-3H3,(H,28,29). The predicted molar refractivity (Wildman–Crippen MR) is 124 cm³/mol. The summed E-state index contributed by atoms with van der Waals surface area (Å²) in [4.78, 5) is 24.1. The number of hydrogen-bond acceptors (Lipinski definition) is 5. The second kappa shape index (κ2) is 10.9. The molecule has 0 radical (unpaired) electrons. The number of carbonyl (C=O) groups is 2. The second-order valence-corrected chi connectivity index (χ2v) is 7.63. The molecule has 6 nitrogen and oxygen atoms in total. The van der Waals surface area contributed by atoms with Crippen LogP contribution in [0, 0.1) is 6.92 Å². The Morgan fingerprint density at radius 2 is 1.53 bits per heavy atom. The van der Waals surface area contributed by atoms with E-state index in [4.69, 9.17) is 9.47 Å². The van der Waals surface area contributed by atoms with Crippen LogP contribution in [-0.2, 0) is 4.79 Å². The van der Waals surface area contributed by atoms with Crippen LogP contribution in [0.3, 0.4) is 0 Å². The average Bonchev–Trinajstić information content (AvgIpc) is 2.79. The maximum Gasteiger partial charge on any atom is 0.343 e. The van der Waals surface area contributed by atoms with Gasteiger partial charge < -0.3 is 9.47 Å². The summed E-state index contributed by atoms with van der Waals surface area (Å²) in [6.45, 7) is 6.06. The van der Waals surface area contributed by atoms with Crippen molar-refractivity contribution < 1.29 is 19.1 Å². The van der Waals surface area contributed by atoms with Gasteiger partial charge in [-0.15, -0.1) is 0 Å². The summed E-state index contributed by atoms with van der Waals surface area (Å²) in [6, 6.07) is 21.6. The van der Waals surface area contributed by atoms with E-state index in [0.717, 1.165) is 11.1 Å². The van der Waals surface area contributed by atoms with Gasteiger partial charge in [-0.05, 0) is 72.5 Å². The first kappa shape index (κ1) is 22.7. The molecule has 0 spiro atoms. The minimum Gasteiger partial charge on any atom is -0.484 e. The molecule has 164 valence electrons. The lowest BCUT2D eigenvalue weighted by atomic mass is 10.0. The summed E-state index contributed by atoms with van der Waals surface area (Å²) in [6.07, 6.45) is 1.50. The van der Waals surface area contributed by atoms with E-state index in [-0.39, 0.29) is 12.5 Å². The van der Waals surface area contributed by atoms with Crippen LogP contribution in [-0.4, -0.2) is 24.7 Å². The van der Waals surface area contributed by atoms with Crippen LogP contribution in [0.4, 0.5) is 0 Å². The zero-order valence-electron chi connectivity index (χ0n) is 18.4. The summed E-state index contributed by atoms with van der Waals surface area (Å²) in [7, 11) is 0. The predicted octanol–water partition coefficient (Wildman–Crippen LogP) is 4.87. The van der Waals surface area contributed by atoms with Crippen molar-refractivity contribution in [2.45, 2.75) is 26.7 Å². The number of ether oxygens (including phenoxy) is 2. The molecule has 3 aromatic carbocycles. The number of esters is 1. The van der Waals surface area contributed by atoms with Gasteiger partial charge in [-0.3, -0.25) is 4.79 Å². The van der Waals surface area contributed by atoms with E-state index in [2.05, 4.69) is 24.4 Å². The van der Waals surface area contributed by atoms with Crippen LogP contribution in [0.1, 0.15) is 46.8 Å². The van der Waals surface area contributed by atoms with Crippen molar-refractivity contribution in [2.75, 3.05) is 6.61 Å². The lowest BCUT2D eigenvalue weighted by Gasteiger charge is -2.08. The average molecular weight is 431 g/mol. The van der Waals surface area contributed by atoms with Crippen molar-refractivity contribution in [3.05, 3.63) is 95.1 Å². The van der Waals surface area contributed by atoms with Gasteiger partial charge in [0, 0.05) is 0 Å². The maximum absolute atomic E-state index is 12.2. The number of carbonyl (C=O) groups excluding carboxylic acids is 2. The summed E-state index contributed by atoms with van der Waals surface area (Å²) in [5.41, 5.74) is 5.94. The molecule has 1 amide bonds. The number of rotatable bonds is 8. The molecule has 0 aliphatic heterocycles. The number of benzene rings is 3. The quantitative estimate of drug-likeness (QED) is 0.239. The van der Waals surface area contributed by atoms with Crippen LogP contribution in [0.25, 0.3) is 0 Å². The fourth-order valence-corrected chi connectivity index (χ4v) is 2.79. The summed E-state index contributed by atoms with van der Waals surface area (Å²) in [5, 5.41) is 3.93. The Kier molecular flexibility index (Phi) is 7.75. The smallest absolute Gasteiger partial charge is 0.343 e. The molecule has 6 heteroatoms. The monoisotopic (exact) mass is 430 g/mol. The van der Waals surface area contributed by atoms with E-state index in [1.165, 1.54) is 11.8 Å². The van der Waals surface area contributed by atoms with Gasteiger partial charge in [-0.25, -0.2) is 10.2 Å². The molecule has 0 atom stereocenters. The Balaban J connectivity index is 1.44. The van der Waals surface area contributed by atoms with Gasteiger partial charge in [0.25, 0.3) is 5.91 Å². The van der Waals surface area contributed by atoms with Crippen LogP contribution < -0.4 is 14.9 Å². The largest absolute Gasteiger partial charge is 0.484 e. The Morgan fingerprint density at radius 3 is 2.16 bits per heavy atom. The van der Waals surface area contributed by atoms with Gasteiger partial charge in [0.05, 0.1) is 11.8 Å². The van der Waals surface area contributed by atoms with E-state index in [9.17, 15) is 9.59 Å². The minimum atomic E-state index is -0.419. The minimum absolute atomic E-state index is 0.133. The number of aryl methyl sites for hydroxylation is 1. The Bertz CT molecular complexity index is 1070.